The lowest BCUT2D eigenvalue weighted by Crippen LogP contribution is -2.45. The van der Waals surface area contributed by atoms with Gasteiger partial charge in [-0.25, -0.2) is 4.57 Å². The number of nitrogens with two attached hydrogens (primary N) is 1. The van der Waals surface area contributed by atoms with E-state index in [-0.39, 0.29) is 25.7 Å². The standard InChI is InChI=1S/C42H81N2O6P/c1-3-5-7-9-11-13-15-16-17-18-19-20-21-22-23-24-26-28-30-32-34-36-42(46)44-40(39-50-51(47,48)49-38-37-43)41(45)35-33-31-29-27-25-14-12-10-8-6-4-2/h15-16,18-19,33,35,40-41,45H,3-14,17,20-32,34,36-39,43H2,1-2H3,(H,44,46)(H,47,48)/b16-15-,19-18-,35-33+. The molecular formula is C42H81N2O6P. The Hall–Kier alpha value is -1.28. The number of carbonyl (C=O) groups excluding carboxylic acids is 1. The van der Waals surface area contributed by atoms with Gasteiger partial charge in [-0.15, -0.1) is 0 Å². The van der Waals surface area contributed by atoms with E-state index in [0.29, 0.717) is 6.42 Å². The van der Waals surface area contributed by atoms with Crippen LogP contribution in [-0.4, -0.2) is 47.8 Å². The summed E-state index contributed by atoms with van der Waals surface area (Å²) in [6, 6.07) is -0.860. The van der Waals surface area contributed by atoms with Crippen LogP contribution in [0.25, 0.3) is 0 Å². The Kier molecular flexibility index (Phi) is 37.5. The lowest BCUT2D eigenvalue weighted by molar-refractivity contribution is -0.123. The third-order valence-electron chi connectivity index (χ3n) is 9.21. The first-order valence-electron chi connectivity index (χ1n) is 21.1. The zero-order chi connectivity index (χ0) is 37.5. The van der Waals surface area contributed by atoms with Crippen molar-refractivity contribution in [1.82, 2.24) is 5.32 Å². The van der Waals surface area contributed by atoms with Crippen molar-refractivity contribution in [2.24, 2.45) is 5.73 Å². The molecule has 3 unspecified atom stereocenters. The maximum absolute atomic E-state index is 12.7. The van der Waals surface area contributed by atoms with Gasteiger partial charge in [0, 0.05) is 13.0 Å². The number of nitrogens with one attached hydrogen (secondary N) is 1. The molecule has 0 aromatic carbocycles. The summed E-state index contributed by atoms with van der Waals surface area (Å²) in [5.74, 6) is -0.200. The van der Waals surface area contributed by atoms with Gasteiger partial charge in [0.1, 0.15) is 0 Å². The molecule has 51 heavy (non-hydrogen) atoms. The Morgan fingerprint density at radius 3 is 1.55 bits per heavy atom. The molecule has 0 fully saturated rings. The largest absolute Gasteiger partial charge is 0.472 e. The van der Waals surface area contributed by atoms with Crippen molar-refractivity contribution in [2.75, 3.05) is 19.8 Å². The number of hydrogen-bond acceptors (Lipinski definition) is 6. The van der Waals surface area contributed by atoms with Crippen molar-refractivity contribution in [3.63, 3.8) is 0 Å². The summed E-state index contributed by atoms with van der Waals surface area (Å²) in [7, 11) is -4.33. The summed E-state index contributed by atoms with van der Waals surface area (Å²) < 4.78 is 22.1. The second-order valence-corrected chi connectivity index (χ2v) is 15.7. The van der Waals surface area contributed by atoms with E-state index in [0.717, 1.165) is 44.9 Å². The van der Waals surface area contributed by atoms with Crippen molar-refractivity contribution in [2.45, 2.75) is 206 Å². The van der Waals surface area contributed by atoms with Crippen LogP contribution in [-0.2, 0) is 18.4 Å². The summed E-state index contributed by atoms with van der Waals surface area (Å²) in [4.78, 5) is 22.6. The van der Waals surface area contributed by atoms with Crippen LogP contribution in [0, 0.1) is 0 Å². The highest BCUT2D eigenvalue weighted by Gasteiger charge is 2.26. The topological polar surface area (TPSA) is 131 Å². The van der Waals surface area contributed by atoms with Gasteiger partial charge in [-0.1, -0.05) is 172 Å². The first-order valence-corrected chi connectivity index (χ1v) is 22.6. The van der Waals surface area contributed by atoms with Crippen LogP contribution < -0.4 is 11.1 Å². The van der Waals surface area contributed by atoms with Gasteiger partial charge in [0.05, 0.1) is 25.4 Å². The fraction of sp³-hybridized carbons (Fsp3) is 0.833. The lowest BCUT2D eigenvalue weighted by Gasteiger charge is -2.23. The highest BCUT2D eigenvalue weighted by atomic mass is 31.2. The normalized spacial score (nSPS) is 14.5. The molecular weight excluding hydrogens is 659 g/mol. The molecule has 0 radical (unpaired) electrons. The fourth-order valence-electron chi connectivity index (χ4n) is 5.98. The van der Waals surface area contributed by atoms with Crippen molar-refractivity contribution >= 4 is 13.7 Å². The predicted molar refractivity (Wildman–Crippen MR) is 217 cm³/mol. The lowest BCUT2D eigenvalue weighted by atomic mass is 10.0. The van der Waals surface area contributed by atoms with Gasteiger partial charge < -0.3 is 21.1 Å². The molecule has 3 atom stereocenters. The average molecular weight is 741 g/mol. The third-order valence-corrected chi connectivity index (χ3v) is 10.2. The second-order valence-electron chi connectivity index (χ2n) is 14.2. The van der Waals surface area contributed by atoms with E-state index in [1.807, 2.05) is 6.08 Å². The minimum Gasteiger partial charge on any atom is -0.387 e. The Morgan fingerprint density at radius 2 is 1.08 bits per heavy atom. The number of unbranched alkanes of at least 4 members (excludes halogenated alkanes) is 23. The zero-order valence-electron chi connectivity index (χ0n) is 33.1. The molecule has 9 heteroatoms. The molecule has 300 valence electrons. The number of phosphoric ester groups is 1. The minimum atomic E-state index is -4.33. The number of carbonyl (C=O) groups is 1. The molecule has 0 saturated carbocycles. The summed E-state index contributed by atoms with van der Waals surface area (Å²) in [5, 5.41) is 13.6. The number of allylic oxidation sites excluding steroid dienone is 5. The molecule has 0 saturated heterocycles. The first-order chi connectivity index (χ1) is 24.9. The number of phosphoric acid groups is 1. The highest BCUT2D eigenvalue weighted by Crippen LogP contribution is 2.43. The number of amides is 1. The van der Waals surface area contributed by atoms with Crippen LogP contribution in [0.5, 0.6) is 0 Å². The van der Waals surface area contributed by atoms with E-state index in [2.05, 4.69) is 43.5 Å². The quantitative estimate of drug-likeness (QED) is 0.0280. The molecule has 0 heterocycles. The molecule has 0 aromatic heterocycles. The third kappa shape index (κ3) is 36.9. The molecule has 0 aromatic rings. The van der Waals surface area contributed by atoms with Crippen LogP contribution in [0.4, 0.5) is 0 Å². The van der Waals surface area contributed by atoms with E-state index < -0.39 is 20.0 Å². The molecule has 0 aliphatic heterocycles. The summed E-state index contributed by atoms with van der Waals surface area (Å²) in [6.07, 6.45) is 44.8. The fourth-order valence-corrected chi connectivity index (χ4v) is 6.74. The zero-order valence-corrected chi connectivity index (χ0v) is 34.0. The predicted octanol–water partition coefficient (Wildman–Crippen LogP) is 11.6. The van der Waals surface area contributed by atoms with Gasteiger partial charge in [-0.2, -0.15) is 0 Å². The summed E-state index contributed by atoms with van der Waals surface area (Å²) in [5.41, 5.74) is 5.36. The van der Waals surface area contributed by atoms with Gasteiger partial charge >= 0.3 is 7.82 Å². The van der Waals surface area contributed by atoms with Crippen LogP contribution in [0.2, 0.25) is 0 Å². The Morgan fingerprint density at radius 1 is 0.647 bits per heavy atom. The van der Waals surface area contributed by atoms with Crippen LogP contribution in [0.3, 0.4) is 0 Å². The maximum atomic E-state index is 12.7. The maximum Gasteiger partial charge on any atom is 0.472 e. The second kappa shape index (κ2) is 38.4. The van der Waals surface area contributed by atoms with E-state index >= 15 is 0 Å². The van der Waals surface area contributed by atoms with E-state index in [1.165, 1.54) is 128 Å². The molecule has 8 nitrogen and oxygen atoms in total. The van der Waals surface area contributed by atoms with Gasteiger partial charge in [-0.3, -0.25) is 13.8 Å². The Labute approximate surface area is 314 Å². The molecule has 1 amide bonds. The number of rotatable bonds is 39. The van der Waals surface area contributed by atoms with Crippen molar-refractivity contribution in [3.8, 4) is 0 Å². The first kappa shape index (κ1) is 49.7. The SMILES string of the molecule is CCCCCCC/C=C\C/C=C\CCCCCCCCCCCC(=O)NC(COP(=O)(O)OCCN)C(O)/C=C/CCCCCCCCCCC. The number of aliphatic hydroxyl groups excluding tert-OH is 1. The molecule has 0 rings (SSSR count). The van der Waals surface area contributed by atoms with Crippen molar-refractivity contribution in [3.05, 3.63) is 36.5 Å². The van der Waals surface area contributed by atoms with E-state index in [1.54, 1.807) is 6.08 Å². The van der Waals surface area contributed by atoms with Crippen LogP contribution in [0.1, 0.15) is 194 Å². The number of aliphatic hydroxyl groups is 1. The Balaban J connectivity index is 4.16. The number of hydrogen-bond donors (Lipinski definition) is 4. The summed E-state index contributed by atoms with van der Waals surface area (Å²) in [6.45, 7) is 4.10. The van der Waals surface area contributed by atoms with E-state index in [4.69, 9.17) is 14.8 Å². The van der Waals surface area contributed by atoms with E-state index in [9.17, 15) is 19.4 Å². The van der Waals surface area contributed by atoms with Crippen LogP contribution in [0.15, 0.2) is 36.5 Å². The monoisotopic (exact) mass is 741 g/mol. The van der Waals surface area contributed by atoms with Crippen LogP contribution >= 0.6 is 7.82 Å². The van der Waals surface area contributed by atoms with Crippen molar-refractivity contribution < 1.29 is 28.4 Å². The average Bonchev–Trinajstić information content (AvgIpc) is 3.12. The van der Waals surface area contributed by atoms with Gasteiger partial charge in [0.2, 0.25) is 5.91 Å². The smallest absolute Gasteiger partial charge is 0.387 e. The molecule has 0 aliphatic carbocycles. The highest BCUT2D eigenvalue weighted by molar-refractivity contribution is 7.47. The van der Waals surface area contributed by atoms with Gasteiger partial charge in [0.15, 0.2) is 0 Å². The minimum absolute atomic E-state index is 0.0773. The van der Waals surface area contributed by atoms with Crippen molar-refractivity contribution in [1.29, 1.82) is 0 Å². The Bertz CT molecular complexity index is 897. The summed E-state index contributed by atoms with van der Waals surface area (Å²) >= 11 is 0. The van der Waals surface area contributed by atoms with Gasteiger partial charge in [-0.05, 0) is 51.4 Å². The molecule has 0 bridgehead atoms. The molecule has 0 spiro atoms. The molecule has 0 aliphatic rings. The van der Waals surface area contributed by atoms with Gasteiger partial charge in [0.25, 0.3) is 0 Å². The molecule has 5 N–H and O–H groups in total.